The first kappa shape index (κ1) is 14.8. The first-order chi connectivity index (χ1) is 11.6. The van der Waals surface area contributed by atoms with Gasteiger partial charge >= 0.3 is 5.97 Å². The number of aliphatic hydroxyl groups is 1. The first-order valence-corrected chi connectivity index (χ1v) is 7.76. The summed E-state index contributed by atoms with van der Waals surface area (Å²) in [5, 5.41) is 21.0. The topological polar surface area (TPSA) is 76.0 Å². The molecule has 0 radical (unpaired) electrons. The zero-order valence-corrected chi connectivity index (χ0v) is 12.8. The van der Waals surface area contributed by atoms with Gasteiger partial charge in [0.15, 0.2) is 0 Å². The Hall–Kier alpha value is -2.79. The monoisotopic (exact) mass is 324 g/mol. The quantitative estimate of drug-likeness (QED) is 0.671. The number of hydrogen-bond acceptors (Lipinski definition) is 4. The van der Waals surface area contributed by atoms with Gasteiger partial charge in [-0.15, -0.1) is 0 Å². The van der Waals surface area contributed by atoms with Gasteiger partial charge in [-0.1, -0.05) is 36.4 Å². The first-order valence-electron chi connectivity index (χ1n) is 7.76. The predicted octanol–water partition coefficient (Wildman–Crippen LogP) is 2.89. The maximum atomic E-state index is 10.7. The number of rotatable bonds is 3. The van der Waals surface area contributed by atoms with E-state index in [1.54, 1.807) is 12.2 Å². The molecule has 0 saturated carbocycles. The fourth-order valence-corrected chi connectivity index (χ4v) is 3.37. The largest absolute Gasteiger partial charge is 0.478 e. The van der Waals surface area contributed by atoms with Crippen LogP contribution in [0.3, 0.4) is 0 Å². The number of ether oxygens (including phenoxy) is 2. The highest BCUT2D eigenvalue weighted by Crippen LogP contribution is 2.47. The molecule has 122 valence electrons. The van der Waals surface area contributed by atoms with E-state index >= 15 is 0 Å². The van der Waals surface area contributed by atoms with Crippen molar-refractivity contribution < 1.29 is 24.5 Å². The molecule has 5 nitrogen and oxygen atoms in total. The highest BCUT2D eigenvalue weighted by atomic mass is 16.7. The molecule has 0 amide bonds. The molecule has 2 aliphatic rings. The van der Waals surface area contributed by atoms with E-state index in [9.17, 15) is 9.90 Å². The summed E-state index contributed by atoms with van der Waals surface area (Å²) in [4.78, 5) is 10.7. The smallest absolute Gasteiger partial charge is 0.327 e. The minimum atomic E-state index is -1.13. The SMILES string of the molecule is O=C(O)/C=C/C[C@H]1[C@@H](O)C=CC12Oc1cccc3cccc(c13)O2. The molecule has 0 saturated heterocycles. The summed E-state index contributed by atoms with van der Waals surface area (Å²) in [6.45, 7) is 0. The average molecular weight is 324 g/mol. The molecule has 2 N–H and O–H groups in total. The fraction of sp³-hybridized carbons (Fsp3) is 0.211. The van der Waals surface area contributed by atoms with Crippen LogP contribution in [0.1, 0.15) is 6.42 Å². The Labute approximate surface area is 138 Å². The van der Waals surface area contributed by atoms with Crippen molar-refractivity contribution in [3.63, 3.8) is 0 Å². The van der Waals surface area contributed by atoms with E-state index in [0.29, 0.717) is 17.9 Å². The van der Waals surface area contributed by atoms with Crippen LogP contribution in [0.4, 0.5) is 0 Å². The molecule has 1 aliphatic heterocycles. The molecule has 2 aromatic carbocycles. The summed E-state index contributed by atoms with van der Waals surface area (Å²) >= 11 is 0. The Bertz CT molecular complexity index is 826. The molecule has 0 aromatic heterocycles. The van der Waals surface area contributed by atoms with Crippen LogP contribution in [-0.2, 0) is 4.79 Å². The predicted molar refractivity (Wildman–Crippen MR) is 88.0 cm³/mol. The van der Waals surface area contributed by atoms with E-state index in [1.165, 1.54) is 6.08 Å². The minimum absolute atomic E-state index is 0.318. The van der Waals surface area contributed by atoms with Gasteiger partial charge in [0.2, 0.25) is 0 Å². The third-order valence-electron chi connectivity index (χ3n) is 4.47. The van der Waals surface area contributed by atoms with Crippen LogP contribution in [0.2, 0.25) is 0 Å². The highest BCUT2D eigenvalue weighted by Gasteiger charge is 2.50. The second-order valence-electron chi connectivity index (χ2n) is 5.97. The third kappa shape index (κ3) is 2.25. The second kappa shape index (κ2) is 5.39. The number of benzene rings is 2. The molecule has 4 rings (SSSR count). The number of aliphatic hydroxyl groups excluding tert-OH is 1. The molecule has 0 fully saturated rings. The van der Waals surface area contributed by atoms with Crippen molar-refractivity contribution in [2.45, 2.75) is 18.3 Å². The summed E-state index contributed by atoms with van der Waals surface area (Å²) in [7, 11) is 0. The molecule has 2 aromatic rings. The molecule has 24 heavy (non-hydrogen) atoms. The number of hydrogen-bond donors (Lipinski definition) is 2. The van der Waals surface area contributed by atoms with Gasteiger partial charge in [0.25, 0.3) is 5.79 Å². The van der Waals surface area contributed by atoms with E-state index in [1.807, 2.05) is 36.4 Å². The van der Waals surface area contributed by atoms with Gasteiger partial charge in [-0.3, -0.25) is 0 Å². The molecule has 0 unspecified atom stereocenters. The van der Waals surface area contributed by atoms with Crippen LogP contribution in [0.25, 0.3) is 10.8 Å². The summed E-state index contributed by atoms with van der Waals surface area (Å²) in [5.74, 6) is -1.20. The van der Waals surface area contributed by atoms with Crippen LogP contribution in [0.15, 0.2) is 60.7 Å². The van der Waals surface area contributed by atoms with Gasteiger partial charge in [0.1, 0.15) is 11.5 Å². The van der Waals surface area contributed by atoms with Crippen LogP contribution in [-0.4, -0.2) is 28.1 Å². The summed E-state index contributed by atoms with van der Waals surface area (Å²) in [5.41, 5.74) is 0. The zero-order valence-electron chi connectivity index (χ0n) is 12.8. The Morgan fingerprint density at radius 2 is 1.83 bits per heavy atom. The molecule has 1 spiro atoms. The van der Waals surface area contributed by atoms with E-state index in [-0.39, 0.29) is 0 Å². The molecule has 5 heteroatoms. The number of allylic oxidation sites excluding steroid dienone is 1. The maximum Gasteiger partial charge on any atom is 0.327 e. The average Bonchev–Trinajstić information content (AvgIpc) is 2.84. The lowest BCUT2D eigenvalue weighted by Crippen LogP contribution is -2.49. The van der Waals surface area contributed by atoms with Crippen molar-refractivity contribution in [2.75, 3.05) is 0 Å². The highest BCUT2D eigenvalue weighted by molar-refractivity contribution is 5.94. The minimum Gasteiger partial charge on any atom is -0.478 e. The van der Waals surface area contributed by atoms with E-state index < -0.39 is 23.8 Å². The summed E-state index contributed by atoms with van der Waals surface area (Å²) < 4.78 is 12.3. The number of carboxylic acids is 1. The fourth-order valence-electron chi connectivity index (χ4n) is 3.37. The van der Waals surface area contributed by atoms with Gasteiger partial charge in [-0.25, -0.2) is 4.79 Å². The third-order valence-corrected chi connectivity index (χ3v) is 4.47. The van der Waals surface area contributed by atoms with E-state index in [2.05, 4.69) is 0 Å². The zero-order chi connectivity index (χ0) is 16.7. The lowest BCUT2D eigenvalue weighted by molar-refractivity contribution is -0.133. The van der Waals surface area contributed by atoms with Gasteiger partial charge in [-0.2, -0.15) is 0 Å². The lowest BCUT2D eigenvalue weighted by atomic mass is 9.93. The number of aliphatic carboxylic acids is 1. The molecular weight excluding hydrogens is 308 g/mol. The van der Waals surface area contributed by atoms with Gasteiger partial charge in [-0.05, 0) is 30.0 Å². The van der Waals surface area contributed by atoms with Crippen LogP contribution >= 0.6 is 0 Å². The Kier molecular flexibility index (Phi) is 3.32. The summed E-state index contributed by atoms with van der Waals surface area (Å²) in [6.07, 6.45) is 5.47. The second-order valence-corrected chi connectivity index (χ2v) is 5.97. The molecule has 1 heterocycles. The van der Waals surface area contributed by atoms with Crippen LogP contribution in [0.5, 0.6) is 11.5 Å². The molecular formula is C19H16O5. The normalized spacial score (nSPS) is 23.5. The maximum absolute atomic E-state index is 10.7. The number of carboxylic acid groups (broad SMARTS) is 1. The van der Waals surface area contributed by atoms with Gasteiger partial charge in [0.05, 0.1) is 17.4 Å². The number of carbonyl (C=O) groups is 1. The Morgan fingerprint density at radius 3 is 2.46 bits per heavy atom. The molecule has 2 atom stereocenters. The van der Waals surface area contributed by atoms with Crippen molar-refractivity contribution >= 4 is 16.7 Å². The van der Waals surface area contributed by atoms with Crippen molar-refractivity contribution in [1.29, 1.82) is 0 Å². The van der Waals surface area contributed by atoms with Crippen LogP contribution < -0.4 is 9.47 Å². The summed E-state index contributed by atoms with van der Waals surface area (Å²) in [6, 6.07) is 11.5. The van der Waals surface area contributed by atoms with E-state index in [4.69, 9.17) is 14.6 Å². The Balaban J connectivity index is 1.73. The molecule has 1 aliphatic carbocycles. The van der Waals surface area contributed by atoms with Crippen molar-refractivity contribution in [3.05, 3.63) is 60.7 Å². The Morgan fingerprint density at radius 1 is 1.17 bits per heavy atom. The lowest BCUT2D eigenvalue weighted by Gasteiger charge is -2.39. The van der Waals surface area contributed by atoms with Crippen molar-refractivity contribution in [1.82, 2.24) is 0 Å². The van der Waals surface area contributed by atoms with Crippen molar-refractivity contribution in [2.24, 2.45) is 5.92 Å². The van der Waals surface area contributed by atoms with E-state index in [0.717, 1.165) is 16.8 Å². The van der Waals surface area contributed by atoms with Gasteiger partial charge < -0.3 is 19.7 Å². The van der Waals surface area contributed by atoms with Crippen LogP contribution in [0, 0.1) is 5.92 Å². The van der Waals surface area contributed by atoms with Crippen molar-refractivity contribution in [3.8, 4) is 11.5 Å². The van der Waals surface area contributed by atoms with Gasteiger partial charge in [0, 0.05) is 6.08 Å². The standard InChI is InChI=1S/C19H16O5/c20-14-10-11-19(13(14)6-3-9-17(21)22)23-15-7-1-4-12-5-2-8-16(24-19)18(12)15/h1-5,7-11,13-14,20H,6H2,(H,21,22)/b9-3+/t13-,14-/m0/s1. The molecule has 0 bridgehead atoms.